The van der Waals surface area contributed by atoms with Crippen LogP contribution in [0.2, 0.25) is 5.02 Å². The summed E-state index contributed by atoms with van der Waals surface area (Å²) < 4.78 is 0. The lowest BCUT2D eigenvalue weighted by Crippen LogP contribution is -2.27. The van der Waals surface area contributed by atoms with E-state index in [4.69, 9.17) is 16.7 Å². The minimum absolute atomic E-state index is 0.102. The lowest BCUT2D eigenvalue weighted by molar-refractivity contribution is 0.219. The molecule has 1 unspecified atom stereocenters. The largest absolute Gasteiger partial charge is 0.368 e. The van der Waals surface area contributed by atoms with E-state index >= 15 is 0 Å². The SMILES string of the molecule is CC(C)(C)c1ccc(/C=C2\C(CSc3ccc(Cl)cc3)=NN(c3ccccc3)C2O)cc1. The zero-order valence-corrected chi connectivity index (χ0v) is 20.1. The van der Waals surface area contributed by atoms with Gasteiger partial charge in [0.05, 0.1) is 11.4 Å². The maximum atomic E-state index is 11.2. The monoisotopic (exact) mass is 462 g/mol. The highest BCUT2D eigenvalue weighted by atomic mass is 35.5. The molecule has 1 N–H and O–H groups in total. The van der Waals surface area contributed by atoms with Crippen molar-refractivity contribution in [3.8, 4) is 0 Å². The molecule has 0 bridgehead atoms. The van der Waals surface area contributed by atoms with Gasteiger partial charge < -0.3 is 5.11 Å². The van der Waals surface area contributed by atoms with Gasteiger partial charge in [-0.3, -0.25) is 0 Å². The number of benzene rings is 3. The van der Waals surface area contributed by atoms with E-state index in [1.165, 1.54) is 5.56 Å². The van der Waals surface area contributed by atoms with E-state index < -0.39 is 6.23 Å². The molecule has 164 valence electrons. The van der Waals surface area contributed by atoms with Crippen LogP contribution < -0.4 is 5.01 Å². The summed E-state index contributed by atoms with van der Waals surface area (Å²) in [5.74, 6) is 0.647. The molecule has 1 aliphatic rings. The van der Waals surface area contributed by atoms with Gasteiger partial charge in [0, 0.05) is 21.2 Å². The molecule has 0 saturated heterocycles. The Labute approximate surface area is 199 Å². The highest BCUT2D eigenvalue weighted by Crippen LogP contribution is 2.31. The number of thioether (sulfide) groups is 1. The average Bonchev–Trinajstić information content (AvgIpc) is 3.09. The maximum Gasteiger partial charge on any atom is 0.175 e. The molecule has 0 aliphatic carbocycles. The van der Waals surface area contributed by atoms with Crippen molar-refractivity contribution in [2.24, 2.45) is 5.10 Å². The molecule has 0 saturated carbocycles. The maximum absolute atomic E-state index is 11.2. The number of halogens is 1. The molecule has 0 aromatic heterocycles. The first kappa shape index (κ1) is 22.7. The van der Waals surface area contributed by atoms with Crippen molar-refractivity contribution >= 4 is 40.8 Å². The summed E-state index contributed by atoms with van der Waals surface area (Å²) in [7, 11) is 0. The van der Waals surface area contributed by atoms with Crippen LogP contribution in [0.25, 0.3) is 6.08 Å². The number of aliphatic hydroxyl groups excluding tert-OH is 1. The van der Waals surface area contributed by atoms with Crippen LogP contribution in [0.3, 0.4) is 0 Å². The Morgan fingerprint density at radius 2 is 1.62 bits per heavy atom. The molecule has 32 heavy (non-hydrogen) atoms. The van der Waals surface area contributed by atoms with Crippen molar-refractivity contribution in [3.05, 3.63) is 101 Å². The smallest absolute Gasteiger partial charge is 0.175 e. The lowest BCUT2D eigenvalue weighted by Gasteiger charge is -2.20. The third kappa shape index (κ3) is 5.26. The Morgan fingerprint density at radius 3 is 2.25 bits per heavy atom. The zero-order valence-electron chi connectivity index (χ0n) is 18.5. The third-order valence-corrected chi connectivity index (χ3v) is 6.66. The van der Waals surface area contributed by atoms with Crippen LogP contribution in [0.4, 0.5) is 5.69 Å². The van der Waals surface area contributed by atoms with E-state index in [1.807, 2.05) is 60.7 Å². The number of rotatable bonds is 5. The number of hydrogen-bond acceptors (Lipinski definition) is 4. The molecular weight excluding hydrogens is 436 g/mol. The normalized spacial score (nSPS) is 17.7. The van der Waals surface area contributed by atoms with Crippen molar-refractivity contribution in [2.75, 3.05) is 10.8 Å². The Kier molecular flexibility index (Phi) is 6.75. The molecule has 0 spiro atoms. The van der Waals surface area contributed by atoms with Gasteiger partial charge in [0.15, 0.2) is 6.23 Å². The van der Waals surface area contributed by atoms with Gasteiger partial charge in [-0.1, -0.05) is 74.8 Å². The van der Waals surface area contributed by atoms with Crippen molar-refractivity contribution in [1.82, 2.24) is 0 Å². The number of aliphatic hydroxyl groups is 1. The predicted octanol–water partition coefficient (Wildman–Crippen LogP) is 7.01. The van der Waals surface area contributed by atoms with E-state index in [1.54, 1.807) is 16.8 Å². The second kappa shape index (κ2) is 9.53. The first-order chi connectivity index (χ1) is 15.3. The second-order valence-electron chi connectivity index (χ2n) is 8.81. The summed E-state index contributed by atoms with van der Waals surface area (Å²) in [6.45, 7) is 6.62. The van der Waals surface area contributed by atoms with Crippen LogP contribution in [-0.2, 0) is 5.41 Å². The van der Waals surface area contributed by atoms with Gasteiger partial charge in [-0.25, -0.2) is 5.01 Å². The second-order valence-corrected chi connectivity index (χ2v) is 10.3. The fourth-order valence-corrected chi connectivity index (χ4v) is 4.50. The predicted molar refractivity (Wildman–Crippen MR) is 138 cm³/mol. The molecule has 3 aromatic carbocycles. The molecule has 1 heterocycles. The van der Waals surface area contributed by atoms with Gasteiger partial charge in [0.2, 0.25) is 0 Å². The van der Waals surface area contributed by atoms with Crippen LogP contribution in [-0.4, -0.2) is 22.8 Å². The van der Waals surface area contributed by atoms with Crippen molar-refractivity contribution in [3.63, 3.8) is 0 Å². The van der Waals surface area contributed by atoms with Gasteiger partial charge >= 0.3 is 0 Å². The highest BCUT2D eigenvalue weighted by Gasteiger charge is 2.31. The molecule has 1 aliphatic heterocycles. The third-order valence-electron chi connectivity index (χ3n) is 5.38. The quantitative estimate of drug-likeness (QED) is 0.414. The average molecular weight is 463 g/mol. The molecule has 3 aromatic rings. The Hall–Kier alpha value is -2.53. The number of hydrazone groups is 1. The summed E-state index contributed by atoms with van der Waals surface area (Å²) in [5, 5.41) is 18.4. The van der Waals surface area contributed by atoms with Crippen LogP contribution >= 0.6 is 23.4 Å². The molecular formula is C27H27ClN2OS. The minimum Gasteiger partial charge on any atom is -0.368 e. The summed E-state index contributed by atoms with van der Waals surface area (Å²) in [6.07, 6.45) is 1.21. The van der Waals surface area contributed by atoms with Crippen LogP contribution in [0.5, 0.6) is 0 Å². The van der Waals surface area contributed by atoms with E-state index in [-0.39, 0.29) is 5.41 Å². The molecule has 4 rings (SSSR count). The summed E-state index contributed by atoms with van der Waals surface area (Å²) in [5.41, 5.74) is 4.97. The van der Waals surface area contributed by atoms with Gasteiger partial charge in [-0.05, 0) is 59.0 Å². The number of para-hydroxylation sites is 1. The fraction of sp³-hybridized carbons (Fsp3) is 0.222. The van der Waals surface area contributed by atoms with E-state index in [2.05, 4.69) is 45.0 Å². The van der Waals surface area contributed by atoms with Crippen LogP contribution in [0, 0.1) is 0 Å². The summed E-state index contributed by atoms with van der Waals surface area (Å²) in [4.78, 5) is 1.11. The Bertz CT molecular complexity index is 1120. The minimum atomic E-state index is -0.833. The van der Waals surface area contributed by atoms with Crippen LogP contribution in [0.1, 0.15) is 31.9 Å². The molecule has 5 heteroatoms. The van der Waals surface area contributed by atoms with Crippen molar-refractivity contribution < 1.29 is 5.11 Å². The highest BCUT2D eigenvalue weighted by molar-refractivity contribution is 8.00. The zero-order chi connectivity index (χ0) is 22.7. The van der Waals surface area contributed by atoms with Crippen LogP contribution in [0.15, 0.2) is 94.4 Å². The first-order valence-corrected chi connectivity index (χ1v) is 12.0. The molecule has 3 nitrogen and oxygen atoms in total. The van der Waals surface area contributed by atoms with Gasteiger partial charge in [-0.2, -0.15) is 5.10 Å². The number of nitrogens with zero attached hydrogens (tertiary/aromatic N) is 2. The molecule has 0 radical (unpaired) electrons. The number of anilines is 1. The molecule has 0 fully saturated rings. The Balaban J connectivity index is 1.63. The van der Waals surface area contributed by atoms with Gasteiger partial charge in [0.1, 0.15) is 0 Å². The Morgan fingerprint density at radius 1 is 0.969 bits per heavy atom. The van der Waals surface area contributed by atoms with Crippen molar-refractivity contribution in [1.29, 1.82) is 0 Å². The van der Waals surface area contributed by atoms with Gasteiger partial charge in [-0.15, -0.1) is 11.8 Å². The summed E-state index contributed by atoms with van der Waals surface area (Å²) in [6, 6.07) is 26.1. The van der Waals surface area contributed by atoms with Crippen molar-refractivity contribution in [2.45, 2.75) is 37.3 Å². The molecule has 1 atom stereocenters. The topological polar surface area (TPSA) is 35.8 Å². The molecule has 0 amide bonds. The van der Waals surface area contributed by atoms with E-state index in [0.717, 1.165) is 32.5 Å². The summed E-state index contributed by atoms with van der Waals surface area (Å²) >= 11 is 7.69. The standard InChI is InChI=1S/C27H27ClN2OS/c1-27(2,3)20-11-9-19(10-12-20)17-24-25(18-32-23-15-13-21(28)14-16-23)29-30(26(24)31)22-7-5-4-6-8-22/h4-17,26,31H,18H2,1-3H3/b24-17+. The van der Waals surface area contributed by atoms with Gasteiger partial charge in [0.25, 0.3) is 0 Å². The first-order valence-electron chi connectivity index (χ1n) is 10.6. The lowest BCUT2D eigenvalue weighted by atomic mass is 9.86. The van der Waals surface area contributed by atoms with E-state index in [9.17, 15) is 5.11 Å². The fourth-order valence-electron chi connectivity index (χ4n) is 3.51. The number of hydrogen-bond donors (Lipinski definition) is 1. The van der Waals surface area contributed by atoms with E-state index in [0.29, 0.717) is 5.75 Å².